The number of benzene rings is 3. The summed E-state index contributed by atoms with van der Waals surface area (Å²) >= 11 is 8.94. The third-order valence-electron chi connectivity index (χ3n) is 4.89. The van der Waals surface area contributed by atoms with Crippen molar-refractivity contribution in [1.82, 2.24) is 4.90 Å². The van der Waals surface area contributed by atoms with Crippen LogP contribution in [-0.4, -0.2) is 29.1 Å². The Morgan fingerprint density at radius 1 is 1.06 bits per heavy atom. The van der Waals surface area contributed by atoms with Crippen molar-refractivity contribution in [2.45, 2.75) is 6.54 Å². The minimum atomic E-state index is -0.502. The molecule has 34 heavy (non-hydrogen) atoms. The van der Waals surface area contributed by atoms with E-state index in [4.69, 9.17) is 21.1 Å². The summed E-state index contributed by atoms with van der Waals surface area (Å²) in [4.78, 5) is 39.3. The molecule has 172 valence electrons. The monoisotopic (exact) mass is 605 g/mol. The van der Waals surface area contributed by atoms with Gasteiger partial charge in [-0.1, -0.05) is 41.9 Å². The van der Waals surface area contributed by atoms with Crippen molar-refractivity contribution in [2.75, 3.05) is 7.11 Å². The minimum absolute atomic E-state index is 0.138. The van der Waals surface area contributed by atoms with Crippen LogP contribution in [0.5, 0.6) is 11.5 Å². The van der Waals surface area contributed by atoms with E-state index in [2.05, 4.69) is 22.6 Å². The Kier molecular flexibility index (Phi) is 7.60. The first kappa shape index (κ1) is 24.3. The highest BCUT2D eigenvalue weighted by molar-refractivity contribution is 14.1. The van der Waals surface area contributed by atoms with Gasteiger partial charge in [0.25, 0.3) is 11.1 Å². The summed E-state index contributed by atoms with van der Waals surface area (Å²) in [5.74, 6) is -0.314. The highest BCUT2D eigenvalue weighted by Crippen LogP contribution is 2.35. The molecule has 0 aliphatic carbocycles. The van der Waals surface area contributed by atoms with Gasteiger partial charge in [-0.15, -0.1) is 0 Å². The number of hydrogen-bond acceptors (Lipinski definition) is 6. The average Bonchev–Trinajstić information content (AvgIpc) is 3.07. The number of thioether (sulfide) groups is 1. The summed E-state index contributed by atoms with van der Waals surface area (Å²) in [6.45, 7) is 0.138. The first-order valence-electron chi connectivity index (χ1n) is 10.0. The lowest BCUT2D eigenvalue weighted by molar-refractivity contribution is -0.123. The molecule has 3 aromatic rings. The SMILES string of the molecule is COc1cc(/C=C2\SC(=O)N(Cc3cccc(Cl)c3)C2=O)ccc1OC(=O)c1ccccc1I. The summed E-state index contributed by atoms with van der Waals surface area (Å²) in [5.41, 5.74) is 1.83. The van der Waals surface area contributed by atoms with E-state index in [0.717, 1.165) is 20.9 Å². The first-order chi connectivity index (χ1) is 16.4. The number of amides is 2. The maximum atomic E-state index is 12.8. The summed E-state index contributed by atoms with van der Waals surface area (Å²) in [5, 5.41) is 0.182. The standard InChI is InChI=1S/C25H17ClINO5S/c1-32-21-12-15(9-10-20(21)33-24(30)18-7-2-3-8-19(18)27)13-22-23(29)28(25(31)34-22)14-16-5-4-6-17(26)11-16/h2-13H,14H2,1H3/b22-13-. The molecular weight excluding hydrogens is 589 g/mol. The predicted octanol–water partition coefficient (Wildman–Crippen LogP) is 6.41. The molecule has 1 fully saturated rings. The Labute approximate surface area is 219 Å². The van der Waals surface area contributed by atoms with Crippen LogP contribution in [0.15, 0.2) is 71.6 Å². The molecule has 6 nitrogen and oxygen atoms in total. The van der Waals surface area contributed by atoms with Gasteiger partial charge in [0.2, 0.25) is 0 Å². The van der Waals surface area contributed by atoms with Crippen LogP contribution in [0.1, 0.15) is 21.5 Å². The number of nitrogens with zero attached hydrogens (tertiary/aromatic N) is 1. The van der Waals surface area contributed by atoms with Gasteiger partial charge in [-0.3, -0.25) is 14.5 Å². The van der Waals surface area contributed by atoms with Crippen molar-refractivity contribution in [1.29, 1.82) is 0 Å². The fraction of sp³-hybridized carbons (Fsp3) is 0.0800. The maximum absolute atomic E-state index is 12.8. The molecule has 0 radical (unpaired) electrons. The van der Waals surface area contributed by atoms with Gasteiger partial charge in [0.15, 0.2) is 11.5 Å². The third-order valence-corrected chi connectivity index (χ3v) is 6.97. The molecule has 1 aliphatic heterocycles. The smallest absolute Gasteiger partial charge is 0.344 e. The van der Waals surface area contributed by atoms with Crippen LogP contribution in [0.2, 0.25) is 5.02 Å². The van der Waals surface area contributed by atoms with Crippen LogP contribution in [0.3, 0.4) is 0 Å². The van der Waals surface area contributed by atoms with Crippen molar-refractivity contribution in [3.05, 3.63) is 96.9 Å². The first-order valence-corrected chi connectivity index (χ1v) is 12.3. The molecule has 1 heterocycles. The van der Waals surface area contributed by atoms with E-state index in [1.807, 2.05) is 12.1 Å². The zero-order chi connectivity index (χ0) is 24.2. The Morgan fingerprint density at radius 3 is 2.59 bits per heavy atom. The second kappa shape index (κ2) is 10.6. The van der Waals surface area contributed by atoms with Crippen molar-refractivity contribution in [3.8, 4) is 11.5 Å². The van der Waals surface area contributed by atoms with Crippen LogP contribution in [0.4, 0.5) is 4.79 Å². The van der Waals surface area contributed by atoms with Crippen molar-refractivity contribution in [3.63, 3.8) is 0 Å². The molecule has 0 unspecified atom stereocenters. The van der Waals surface area contributed by atoms with Crippen molar-refractivity contribution in [2.24, 2.45) is 0 Å². The molecule has 0 aromatic heterocycles. The quantitative estimate of drug-likeness (QED) is 0.140. The van der Waals surface area contributed by atoms with Gasteiger partial charge in [0, 0.05) is 8.59 Å². The Hall–Kier alpha value is -2.82. The number of ether oxygens (including phenoxy) is 2. The number of carbonyl (C=O) groups excluding carboxylic acids is 3. The lowest BCUT2D eigenvalue weighted by Crippen LogP contribution is -2.27. The second-order valence-electron chi connectivity index (χ2n) is 7.18. The fourth-order valence-electron chi connectivity index (χ4n) is 3.25. The molecule has 0 bridgehead atoms. The second-order valence-corrected chi connectivity index (χ2v) is 9.77. The van der Waals surface area contributed by atoms with Crippen molar-refractivity contribution < 1.29 is 23.9 Å². The van der Waals surface area contributed by atoms with E-state index >= 15 is 0 Å². The highest BCUT2D eigenvalue weighted by Gasteiger charge is 2.35. The largest absolute Gasteiger partial charge is 0.493 e. The van der Waals surface area contributed by atoms with Gasteiger partial charge in [-0.2, -0.15) is 0 Å². The number of imide groups is 1. The number of esters is 1. The van der Waals surface area contributed by atoms with Gasteiger partial charge < -0.3 is 9.47 Å². The summed E-state index contributed by atoms with van der Waals surface area (Å²) in [6.07, 6.45) is 1.61. The van der Waals surface area contributed by atoms with E-state index in [0.29, 0.717) is 21.9 Å². The van der Waals surface area contributed by atoms with E-state index in [-0.39, 0.29) is 28.3 Å². The third kappa shape index (κ3) is 5.45. The highest BCUT2D eigenvalue weighted by atomic mass is 127. The van der Waals surface area contributed by atoms with Crippen LogP contribution in [-0.2, 0) is 11.3 Å². The van der Waals surface area contributed by atoms with Gasteiger partial charge in [-0.25, -0.2) is 4.79 Å². The fourth-order valence-corrected chi connectivity index (χ4v) is 4.90. The number of hydrogen-bond donors (Lipinski definition) is 0. The van der Waals surface area contributed by atoms with Crippen LogP contribution in [0.25, 0.3) is 6.08 Å². The molecule has 0 N–H and O–H groups in total. The van der Waals surface area contributed by atoms with E-state index in [1.54, 1.807) is 60.7 Å². The van der Waals surface area contributed by atoms with E-state index in [9.17, 15) is 14.4 Å². The van der Waals surface area contributed by atoms with Gasteiger partial charge in [0.1, 0.15) is 0 Å². The summed E-state index contributed by atoms with van der Waals surface area (Å²) < 4.78 is 11.7. The lowest BCUT2D eigenvalue weighted by Gasteiger charge is -2.12. The van der Waals surface area contributed by atoms with Gasteiger partial charge in [0.05, 0.1) is 24.1 Å². The normalized spacial score (nSPS) is 14.6. The summed E-state index contributed by atoms with van der Waals surface area (Å²) in [7, 11) is 1.46. The molecule has 1 saturated heterocycles. The minimum Gasteiger partial charge on any atom is -0.493 e. The molecule has 0 spiro atoms. The number of halogens is 2. The number of rotatable bonds is 6. The lowest BCUT2D eigenvalue weighted by atomic mass is 10.1. The molecular formula is C25H17ClINO5S. The Balaban J connectivity index is 1.53. The molecule has 2 amide bonds. The zero-order valence-electron chi connectivity index (χ0n) is 17.8. The molecule has 3 aromatic carbocycles. The Morgan fingerprint density at radius 2 is 1.85 bits per heavy atom. The molecule has 9 heteroatoms. The van der Waals surface area contributed by atoms with Gasteiger partial charge in [-0.05, 0) is 88.0 Å². The molecule has 4 rings (SSSR count). The van der Waals surface area contributed by atoms with Crippen molar-refractivity contribution >= 4 is 69.1 Å². The molecule has 0 saturated carbocycles. The Bertz CT molecular complexity index is 1330. The summed E-state index contributed by atoms with van der Waals surface area (Å²) in [6, 6.07) is 19.0. The number of carbonyl (C=O) groups is 3. The maximum Gasteiger partial charge on any atom is 0.344 e. The van der Waals surface area contributed by atoms with E-state index < -0.39 is 5.97 Å². The van der Waals surface area contributed by atoms with Crippen LogP contribution >= 0.6 is 46.0 Å². The molecule has 1 aliphatic rings. The predicted molar refractivity (Wildman–Crippen MR) is 140 cm³/mol. The van der Waals surface area contributed by atoms with Crippen LogP contribution in [0, 0.1) is 3.57 Å². The van der Waals surface area contributed by atoms with Gasteiger partial charge >= 0.3 is 5.97 Å². The topological polar surface area (TPSA) is 72.9 Å². The van der Waals surface area contributed by atoms with Crippen LogP contribution < -0.4 is 9.47 Å². The van der Waals surface area contributed by atoms with E-state index in [1.165, 1.54) is 12.0 Å². The average molecular weight is 606 g/mol. The zero-order valence-corrected chi connectivity index (χ0v) is 21.5. The number of methoxy groups -OCH3 is 1. The molecule has 0 atom stereocenters.